The lowest BCUT2D eigenvalue weighted by Crippen LogP contribution is -2.52. The Labute approximate surface area is 175 Å². The number of anilines is 1. The Hall–Kier alpha value is -2.97. The molecule has 1 saturated heterocycles. The van der Waals surface area contributed by atoms with Crippen molar-refractivity contribution in [2.75, 3.05) is 31.1 Å². The summed E-state index contributed by atoms with van der Waals surface area (Å²) in [5.41, 5.74) is 7.37. The fraction of sp³-hybridized carbons (Fsp3) is 0.409. The molecule has 0 bridgehead atoms. The molecule has 0 aromatic carbocycles. The highest BCUT2D eigenvalue weighted by Gasteiger charge is 2.23. The van der Waals surface area contributed by atoms with E-state index >= 15 is 0 Å². The topological polar surface area (TPSA) is 94.4 Å². The average molecular weight is 406 g/mol. The molecule has 1 fully saturated rings. The summed E-state index contributed by atoms with van der Waals surface area (Å²) in [5, 5.41) is 17.2. The first kappa shape index (κ1) is 19.0. The highest BCUT2D eigenvalue weighted by Crippen LogP contribution is 2.36. The summed E-state index contributed by atoms with van der Waals surface area (Å²) in [4.78, 5) is 15.2. The SMILES string of the molecule is Cc1cc(-c2[nH]c3ccc(N4CCN[C@H](CO)C4)nc3c2C(C)C)cn2ncnc12. The van der Waals surface area contributed by atoms with Crippen molar-refractivity contribution in [1.29, 1.82) is 0 Å². The number of nitrogens with zero attached hydrogens (tertiary/aromatic N) is 5. The van der Waals surface area contributed by atoms with Crippen LogP contribution in [0.5, 0.6) is 0 Å². The number of hydrogen-bond acceptors (Lipinski definition) is 6. The molecular formula is C22H27N7O. The predicted octanol–water partition coefficient (Wildman–Crippen LogP) is 2.47. The van der Waals surface area contributed by atoms with Gasteiger partial charge < -0.3 is 20.3 Å². The van der Waals surface area contributed by atoms with Crippen LogP contribution in [-0.4, -0.2) is 62.0 Å². The fourth-order valence-electron chi connectivity index (χ4n) is 4.43. The van der Waals surface area contributed by atoms with Gasteiger partial charge in [-0.1, -0.05) is 13.8 Å². The van der Waals surface area contributed by atoms with Crippen LogP contribution in [0.25, 0.3) is 27.9 Å². The van der Waals surface area contributed by atoms with E-state index in [0.29, 0.717) is 5.92 Å². The molecule has 4 aromatic rings. The van der Waals surface area contributed by atoms with Crippen molar-refractivity contribution in [3.63, 3.8) is 0 Å². The van der Waals surface area contributed by atoms with Gasteiger partial charge in [0.1, 0.15) is 12.1 Å². The van der Waals surface area contributed by atoms with E-state index in [0.717, 1.165) is 59.0 Å². The maximum Gasteiger partial charge on any atom is 0.158 e. The molecule has 8 nitrogen and oxygen atoms in total. The molecule has 5 heterocycles. The van der Waals surface area contributed by atoms with Crippen LogP contribution in [0.1, 0.15) is 30.9 Å². The Morgan fingerprint density at radius 2 is 2.17 bits per heavy atom. The van der Waals surface area contributed by atoms with Crippen molar-refractivity contribution in [2.45, 2.75) is 32.7 Å². The zero-order valence-electron chi connectivity index (χ0n) is 17.6. The minimum Gasteiger partial charge on any atom is -0.395 e. The number of rotatable bonds is 4. The van der Waals surface area contributed by atoms with Crippen LogP contribution in [0, 0.1) is 6.92 Å². The van der Waals surface area contributed by atoms with Crippen LogP contribution in [-0.2, 0) is 0 Å². The van der Waals surface area contributed by atoms with Crippen molar-refractivity contribution < 1.29 is 5.11 Å². The standard InChI is InChI=1S/C22H27N7O/c1-13(2)19-20(15-8-14(3)22-24-12-25-29(22)9-15)26-17-4-5-18(27-21(17)19)28-7-6-23-16(10-28)11-30/h4-5,8-9,12-13,16,23,26,30H,6-7,10-11H2,1-3H3/t16-/m0/s1. The third-order valence-electron chi connectivity index (χ3n) is 5.89. The van der Waals surface area contributed by atoms with Gasteiger partial charge in [-0.25, -0.2) is 14.5 Å². The first-order chi connectivity index (χ1) is 14.5. The number of nitrogens with one attached hydrogen (secondary N) is 2. The second kappa shape index (κ2) is 7.37. The molecule has 4 aromatic heterocycles. The van der Waals surface area contributed by atoms with E-state index in [4.69, 9.17) is 4.98 Å². The zero-order chi connectivity index (χ0) is 20.8. The second-order valence-corrected chi connectivity index (χ2v) is 8.35. The van der Waals surface area contributed by atoms with Crippen molar-refractivity contribution in [1.82, 2.24) is 29.9 Å². The molecule has 30 heavy (non-hydrogen) atoms. The fourth-order valence-corrected chi connectivity index (χ4v) is 4.43. The third kappa shape index (κ3) is 3.12. The lowest BCUT2D eigenvalue weighted by atomic mass is 9.98. The van der Waals surface area contributed by atoms with Gasteiger partial charge in [0, 0.05) is 43.0 Å². The summed E-state index contributed by atoms with van der Waals surface area (Å²) < 4.78 is 1.83. The monoisotopic (exact) mass is 405 g/mol. The highest BCUT2D eigenvalue weighted by molar-refractivity contribution is 5.89. The molecule has 1 aliphatic heterocycles. The first-order valence-corrected chi connectivity index (χ1v) is 10.5. The number of aliphatic hydroxyl groups is 1. The van der Waals surface area contributed by atoms with E-state index in [1.807, 2.05) is 10.7 Å². The average Bonchev–Trinajstić information content (AvgIpc) is 3.38. The molecule has 3 N–H and O–H groups in total. The quantitative estimate of drug-likeness (QED) is 0.483. The van der Waals surface area contributed by atoms with Gasteiger partial charge in [0.05, 0.1) is 23.3 Å². The van der Waals surface area contributed by atoms with Crippen molar-refractivity contribution in [3.05, 3.63) is 41.9 Å². The van der Waals surface area contributed by atoms with Crippen LogP contribution < -0.4 is 10.2 Å². The van der Waals surface area contributed by atoms with Gasteiger partial charge in [0.2, 0.25) is 0 Å². The Morgan fingerprint density at radius 3 is 2.97 bits per heavy atom. The lowest BCUT2D eigenvalue weighted by Gasteiger charge is -2.33. The van der Waals surface area contributed by atoms with Gasteiger partial charge in [0.15, 0.2) is 5.65 Å². The Morgan fingerprint density at radius 1 is 1.30 bits per heavy atom. The zero-order valence-corrected chi connectivity index (χ0v) is 17.6. The van der Waals surface area contributed by atoms with Crippen LogP contribution in [0.4, 0.5) is 5.82 Å². The first-order valence-electron chi connectivity index (χ1n) is 10.5. The Bertz CT molecular complexity index is 1210. The summed E-state index contributed by atoms with van der Waals surface area (Å²) >= 11 is 0. The van der Waals surface area contributed by atoms with Crippen LogP contribution in [0.2, 0.25) is 0 Å². The smallest absolute Gasteiger partial charge is 0.158 e. The summed E-state index contributed by atoms with van der Waals surface area (Å²) in [5.74, 6) is 1.26. The number of H-pyrrole nitrogens is 1. The minimum absolute atomic E-state index is 0.0833. The van der Waals surface area contributed by atoms with Gasteiger partial charge in [-0.3, -0.25) is 0 Å². The molecular weight excluding hydrogens is 378 g/mol. The summed E-state index contributed by atoms with van der Waals surface area (Å²) in [6, 6.07) is 6.42. The predicted molar refractivity (Wildman–Crippen MR) is 118 cm³/mol. The van der Waals surface area contributed by atoms with Crippen molar-refractivity contribution in [3.8, 4) is 11.3 Å². The van der Waals surface area contributed by atoms with Crippen molar-refractivity contribution in [2.24, 2.45) is 0 Å². The molecule has 1 atom stereocenters. The highest BCUT2D eigenvalue weighted by atomic mass is 16.3. The van der Waals surface area contributed by atoms with Crippen LogP contribution >= 0.6 is 0 Å². The minimum atomic E-state index is 0.0833. The number of aromatic nitrogens is 5. The number of aliphatic hydroxyl groups excluding tert-OH is 1. The van der Waals surface area contributed by atoms with Crippen LogP contribution in [0.15, 0.2) is 30.7 Å². The molecule has 8 heteroatoms. The largest absolute Gasteiger partial charge is 0.395 e. The van der Waals surface area contributed by atoms with E-state index < -0.39 is 0 Å². The third-order valence-corrected chi connectivity index (χ3v) is 5.89. The number of pyridine rings is 2. The molecule has 0 spiro atoms. The number of piperazine rings is 1. The molecule has 5 rings (SSSR count). The number of fused-ring (bicyclic) bond motifs is 2. The normalized spacial score (nSPS) is 17.5. The van der Waals surface area contributed by atoms with Gasteiger partial charge >= 0.3 is 0 Å². The van der Waals surface area contributed by atoms with Gasteiger partial charge in [-0.2, -0.15) is 5.10 Å². The molecule has 0 aliphatic carbocycles. The molecule has 0 radical (unpaired) electrons. The van der Waals surface area contributed by atoms with Crippen LogP contribution in [0.3, 0.4) is 0 Å². The van der Waals surface area contributed by atoms with Crippen molar-refractivity contribution >= 4 is 22.5 Å². The molecule has 0 saturated carbocycles. The van der Waals surface area contributed by atoms with E-state index in [1.165, 1.54) is 5.56 Å². The number of hydrogen-bond donors (Lipinski definition) is 3. The van der Waals surface area contributed by atoms with Gasteiger partial charge in [-0.05, 0) is 36.6 Å². The Balaban J connectivity index is 1.63. The molecule has 0 unspecified atom stereocenters. The second-order valence-electron chi connectivity index (χ2n) is 8.35. The summed E-state index contributed by atoms with van der Waals surface area (Å²) in [6.45, 7) is 9.08. The number of aryl methyl sites for hydroxylation is 1. The van der Waals surface area contributed by atoms with E-state index in [2.05, 4.69) is 64.3 Å². The maximum atomic E-state index is 9.53. The lowest BCUT2D eigenvalue weighted by molar-refractivity contribution is 0.235. The Kier molecular flexibility index (Phi) is 4.67. The summed E-state index contributed by atoms with van der Waals surface area (Å²) in [6.07, 6.45) is 3.61. The van der Waals surface area contributed by atoms with E-state index in [9.17, 15) is 5.11 Å². The van der Waals surface area contributed by atoms with Gasteiger partial charge in [-0.15, -0.1) is 0 Å². The molecule has 0 amide bonds. The number of aromatic amines is 1. The molecule has 156 valence electrons. The molecule has 1 aliphatic rings. The van der Waals surface area contributed by atoms with E-state index in [-0.39, 0.29) is 12.6 Å². The summed E-state index contributed by atoms with van der Waals surface area (Å²) in [7, 11) is 0. The van der Waals surface area contributed by atoms with Gasteiger partial charge in [0.25, 0.3) is 0 Å². The maximum absolute atomic E-state index is 9.53. The van der Waals surface area contributed by atoms with E-state index in [1.54, 1.807) is 6.33 Å².